The zero-order chi connectivity index (χ0) is 19.2. The highest BCUT2D eigenvalue weighted by Crippen LogP contribution is 2.54. The van der Waals surface area contributed by atoms with E-state index < -0.39 is 5.54 Å². The Labute approximate surface area is 163 Å². The summed E-state index contributed by atoms with van der Waals surface area (Å²) >= 11 is 0. The van der Waals surface area contributed by atoms with E-state index in [4.69, 9.17) is 5.41 Å². The molecule has 2 saturated carbocycles. The van der Waals surface area contributed by atoms with Crippen molar-refractivity contribution in [2.75, 3.05) is 7.05 Å². The minimum absolute atomic E-state index is 0.115. The van der Waals surface area contributed by atoms with Crippen LogP contribution in [0.1, 0.15) is 74.0 Å². The normalized spacial score (nSPS) is 31.3. The molecule has 4 nitrogen and oxygen atoms in total. The second kappa shape index (κ2) is 6.96. The van der Waals surface area contributed by atoms with Crippen LogP contribution in [0, 0.1) is 31.1 Å². The Balaban J connectivity index is 1.53. The fourth-order valence-electron chi connectivity index (χ4n) is 5.51. The number of carbonyl (C=O) groups excluding carboxylic acids is 1. The standard InChI is InChI=1S/C23H33N3O/c1-15-8-7-11-19(16(15)2)20-12-18(20)14-23(13-17-9-5-4-6-10-17)21(27)26(3)22(24)25-23/h7-8,11,17-18,20H,4-6,9-10,12-14H2,1-3H3,(H2,24,25). The summed E-state index contributed by atoms with van der Waals surface area (Å²) in [6.07, 6.45) is 9.31. The van der Waals surface area contributed by atoms with Gasteiger partial charge in [0.15, 0.2) is 5.96 Å². The smallest absolute Gasteiger partial charge is 0.254 e. The molecule has 3 unspecified atom stereocenters. The lowest BCUT2D eigenvalue weighted by atomic mass is 9.76. The Bertz CT molecular complexity index is 752. The largest absolute Gasteiger partial charge is 0.342 e. The van der Waals surface area contributed by atoms with Crippen LogP contribution in [-0.4, -0.2) is 29.4 Å². The molecular weight excluding hydrogens is 334 g/mol. The van der Waals surface area contributed by atoms with Gasteiger partial charge in [-0.25, -0.2) is 0 Å². The number of aryl methyl sites for hydroxylation is 1. The molecule has 3 aliphatic rings. The predicted octanol–water partition coefficient (Wildman–Crippen LogP) is 4.50. The second-order valence-corrected chi connectivity index (χ2v) is 9.22. The summed E-state index contributed by atoms with van der Waals surface area (Å²) < 4.78 is 0. The lowest BCUT2D eigenvalue weighted by Gasteiger charge is -2.33. The van der Waals surface area contributed by atoms with Crippen LogP contribution in [0.2, 0.25) is 0 Å². The zero-order valence-electron chi connectivity index (χ0n) is 17.0. The maximum atomic E-state index is 13.2. The van der Waals surface area contributed by atoms with Crippen molar-refractivity contribution in [1.29, 1.82) is 5.41 Å². The first kappa shape index (κ1) is 18.5. The quantitative estimate of drug-likeness (QED) is 0.805. The summed E-state index contributed by atoms with van der Waals surface area (Å²) in [6, 6.07) is 6.60. The molecule has 4 rings (SSSR count). The minimum Gasteiger partial charge on any atom is -0.342 e. The number of amides is 1. The van der Waals surface area contributed by atoms with Crippen LogP contribution in [-0.2, 0) is 4.79 Å². The van der Waals surface area contributed by atoms with Crippen molar-refractivity contribution >= 4 is 11.9 Å². The van der Waals surface area contributed by atoms with E-state index in [1.165, 1.54) is 60.1 Å². The number of nitrogens with one attached hydrogen (secondary N) is 2. The third kappa shape index (κ3) is 3.39. The van der Waals surface area contributed by atoms with Gasteiger partial charge in [-0.2, -0.15) is 0 Å². The molecule has 1 saturated heterocycles. The van der Waals surface area contributed by atoms with Gasteiger partial charge in [-0.15, -0.1) is 0 Å². The number of benzene rings is 1. The molecule has 1 aliphatic heterocycles. The van der Waals surface area contributed by atoms with Crippen LogP contribution >= 0.6 is 0 Å². The summed E-state index contributed by atoms with van der Waals surface area (Å²) in [7, 11) is 1.75. The van der Waals surface area contributed by atoms with Gasteiger partial charge < -0.3 is 5.32 Å². The highest BCUT2D eigenvalue weighted by molar-refractivity contribution is 6.07. The van der Waals surface area contributed by atoms with Gasteiger partial charge >= 0.3 is 0 Å². The maximum absolute atomic E-state index is 13.2. The fourth-order valence-corrected chi connectivity index (χ4v) is 5.51. The molecule has 2 aliphatic carbocycles. The van der Waals surface area contributed by atoms with Gasteiger partial charge in [0.25, 0.3) is 5.91 Å². The zero-order valence-corrected chi connectivity index (χ0v) is 17.0. The van der Waals surface area contributed by atoms with E-state index >= 15 is 0 Å². The van der Waals surface area contributed by atoms with Crippen molar-refractivity contribution in [2.24, 2.45) is 11.8 Å². The first-order chi connectivity index (χ1) is 12.9. The summed E-state index contributed by atoms with van der Waals surface area (Å²) in [6.45, 7) is 4.40. The fraction of sp³-hybridized carbons (Fsp3) is 0.652. The highest BCUT2D eigenvalue weighted by atomic mass is 16.2. The summed E-state index contributed by atoms with van der Waals surface area (Å²) in [5, 5.41) is 11.5. The molecule has 1 amide bonds. The van der Waals surface area contributed by atoms with Crippen LogP contribution < -0.4 is 5.32 Å². The van der Waals surface area contributed by atoms with Crippen LogP contribution in [0.5, 0.6) is 0 Å². The van der Waals surface area contributed by atoms with E-state index in [9.17, 15) is 4.79 Å². The molecule has 1 aromatic rings. The van der Waals surface area contributed by atoms with E-state index in [2.05, 4.69) is 37.4 Å². The molecule has 0 bridgehead atoms. The third-order valence-electron chi connectivity index (χ3n) is 7.35. The van der Waals surface area contributed by atoms with Gasteiger partial charge in [-0.3, -0.25) is 15.1 Å². The predicted molar refractivity (Wildman–Crippen MR) is 109 cm³/mol. The first-order valence-electron chi connectivity index (χ1n) is 10.6. The SMILES string of the molecule is Cc1cccc(C2CC2CC2(CC3CCCCC3)NC(=N)N(C)C2=O)c1C. The van der Waals surface area contributed by atoms with Gasteiger partial charge in [0.2, 0.25) is 0 Å². The molecule has 4 heteroatoms. The third-order valence-corrected chi connectivity index (χ3v) is 7.35. The van der Waals surface area contributed by atoms with E-state index in [0.717, 1.165) is 12.8 Å². The number of nitrogens with zero attached hydrogens (tertiary/aromatic N) is 1. The van der Waals surface area contributed by atoms with Gasteiger partial charge in [-0.1, -0.05) is 50.3 Å². The number of hydrogen-bond donors (Lipinski definition) is 2. The summed E-state index contributed by atoms with van der Waals surface area (Å²) in [5.41, 5.74) is 3.67. The molecule has 0 spiro atoms. The molecule has 3 fully saturated rings. The number of hydrogen-bond acceptors (Lipinski definition) is 2. The number of likely N-dealkylation sites (N-methyl/N-ethyl adjacent to an activating group) is 1. The Hall–Kier alpha value is -1.84. The van der Waals surface area contributed by atoms with Gasteiger partial charge in [0.1, 0.15) is 5.54 Å². The van der Waals surface area contributed by atoms with Crippen LogP contribution in [0.15, 0.2) is 18.2 Å². The molecule has 0 aromatic heterocycles. The van der Waals surface area contributed by atoms with E-state index in [-0.39, 0.29) is 11.9 Å². The number of guanidine groups is 1. The van der Waals surface area contributed by atoms with Gasteiger partial charge in [0.05, 0.1) is 0 Å². The highest BCUT2D eigenvalue weighted by Gasteiger charge is 2.54. The Morgan fingerprint density at radius 1 is 1.19 bits per heavy atom. The number of carbonyl (C=O) groups is 1. The minimum atomic E-state index is -0.551. The van der Waals surface area contributed by atoms with Crippen molar-refractivity contribution in [3.8, 4) is 0 Å². The average Bonchev–Trinajstić information content (AvgIpc) is 3.37. The maximum Gasteiger partial charge on any atom is 0.254 e. The van der Waals surface area contributed by atoms with Crippen molar-refractivity contribution in [3.05, 3.63) is 34.9 Å². The Morgan fingerprint density at radius 2 is 1.93 bits per heavy atom. The van der Waals surface area contributed by atoms with Crippen molar-refractivity contribution in [1.82, 2.24) is 10.2 Å². The molecule has 27 heavy (non-hydrogen) atoms. The topological polar surface area (TPSA) is 56.2 Å². The second-order valence-electron chi connectivity index (χ2n) is 9.22. The Morgan fingerprint density at radius 3 is 2.59 bits per heavy atom. The lowest BCUT2D eigenvalue weighted by Crippen LogP contribution is -2.49. The van der Waals surface area contributed by atoms with Crippen LogP contribution in [0.25, 0.3) is 0 Å². The average molecular weight is 368 g/mol. The van der Waals surface area contributed by atoms with Gasteiger partial charge in [-0.05, 0) is 67.6 Å². The molecule has 0 radical (unpaired) electrons. The molecule has 146 valence electrons. The van der Waals surface area contributed by atoms with Gasteiger partial charge in [0, 0.05) is 7.05 Å². The Kier molecular flexibility index (Phi) is 4.77. The van der Waals surface area contributed by atoms with E-state index in [1.807, 2.05) is 0 Å². The van der Waals surface area contributed by atoms with Crippen LogP contribution in [0.4, 0.5) is 0 Å². The summed E-state index contributed by atoms with van der Waals surface area (Å²) in [4.78, 5) is 14.7. The molecule has 1 aromatic carbocycles. The number of rotatable bonds is 5. The first-order valence-corrected chi connectivity index (χ1v) is 10.6. The molecule has 2 N–H and O–H groups in total. The van der Waals surface area contributed by atoms with Crippen molar-refractivity contribution in [3.63, 3.8) is 0 Å². The van der Waals surface area contributed by atoms with Crippen LogP contribution in [0.3, 0.4) is 0 Å². The molecular formula is C23H33N3O. The van der Waals surface area contributed by atoms with Crippen molar-refractivity contribution < 1.29 is 4.79 Å². The van der Waals surface area contributed by atoms with E-state index in [0.29, 0.717) is 17.8 Å². The van der Waals surface area contributed by atoms with Crippen molar-refractivity contribution in [2.45, 2.75) is 76.7 Å². The molecule has 3 atom stereocenters. The lowest BCUT2D eigenvalue weighted by molar-refractivity contribution is -0.131. The molecule has 1 heterocycles. The summed E-state index contributed by atoms with van der Waals surface area (Å²) in [5.74, 6) is 2.13. The monoisotopic (exact) mass is 367 g/mol. The van der Waals surface area contributed by atoms with E-state index in [1.54, 1.807) is 7.05 Å².